The van der Waals surface area contributed by atoms with Gasteiger partial charge >= 0.3 is 5.97 Å². The summed E-state index contributed by atoms with van der Waals surface area (Å²) in [4.78, 5) is 34.3. The maximum atomic E-state index is 12.2. The van der Waals surface area contributed by atoms with Crippen LogP contribution in [0.2, 0.25) is 0 Å². The lowest BCUT2D eigenvalue weighted by Crippen LogP contribution is -2.33. The first kappa shape index (κ1) is 18.0. The average molecular weight is 326 g/mol. The molecule has 1 rings (SSSR count). The zero-order valence-electron chi connectivity index (χ0n) is 12.4. The smallest absolute Gasteiger partial charge is 0.308 e. The Kier molecular flexibility index (Phi) is 6.84. The molecule has 7 nitrogen and oxygen atoms in total. The summed E-state index contributed by atoms with van der Waals surface area (Å²) in [6, 6.07) is 4.28. The summed E-state index contributed by atoms with van der Waals surface area (Å²) < 4.78 is 0. The zero-order chi connectivity index (χ0) is 16.7. The second kappa shape index (κ2) is 8.38. The van der Waals surface area contributed by atoms with Gasteiger partial charge in [-0.25, -0.2) is 0 Å². The van der Waals surface area contributed by atoms with E-state index in [9.17, 15) is 19.7 Å². The van der Waals surface area contributed by atoms with Crippen LogP contribution in [0.15, 0.2) is 23.1 Å². The highest BCUT2D eigenvalue weighted by Crippen LogP contribution is 2.24. The molecule has 0 radical (unpaired) electrons. The number of nitrogens with one attached hydrogen (secondary N) is 1. The molecular formula is C14H18N2O5S. The molecule has 0 aliphatic carbocycles. The van der Waals surface area contributed by atoms with Crippen molar-refractivity contribution >= 4 is 29.3 Å². The molecule has 1 aromatic rings. The fourth-order valence-corrected chi connectivity index (χ4v) is 2.40. The third-order valence-electron chi connectivity index (χ3n) is 3.14. The van der Waals surface area contributed by atoms with E-state index in [1.165, 1.54) is 23.9 Å². The number of nitro benzene ring substituents is 1. The number of benzene rings is 1. The van der Waals surface area contributed by atoms with Crippen LogP contribution in [0.1, 0.15) is 30.1 Å². The minimum Gasteiger partial charge on any atom is -0.481 e. The van der Waals surface area contributed by atoms with Gasteiger partial charge in [0.05, 0.1) is 10.8 Å². The summed E-state index contributed by atoms with van der Waals surface area (Å²) in [6.45, 7) is 1.80. The second-order valence-corrected chi connectivity index (χ2v) is 5.55. The molecule has 0 aliphatic heterocycles. The lowest BCUT2D eigenvalue weighted by molar-refractivity contribution is -0.385. The minimum absolute atomic E-state index is 0.0529. The highest BCUT2D eigenvalue weighted by atomic mass is 32.2. The predicted octanol–water partition coefficient (Wildman–Crippen LogP) is 2.55. The summed E-state index contributed by atoms with van der Waals surface area (Å²) in [7, 11) is 0. The molecule has 22 heavy (non-hydrogen) atoms. The average Bonchev–Trinajstić information content (AvgIpc) is 2.49. The van der Waals surface area contributed by atoms with Crippen molar-refractivity contribution in [2.45, 2.75) is 24.7 Å². The molecule has 0 bridgehead atoms. The Bertz CT molecular complexity index is 576. The summed E-state index contributed by atoms with van der Waals surface area (Å²) in [6.07, 6.45) is 2.90. The quantitative estimate of drug-likeness (QED) is 0.431. The molecule has 0 saturated heterocycles. The first-order valence-electron chi connectivity index (χ1n) is 6.74. The van der Waals surface area contributed by atoms with Crippen LogP contribution in [0.5, 0.6) is 0 Å². The number of hydrogen-bond acceptors (Lipinski definition) is 5. The molecule has 1 atom stereocenters. The van der Waals surface area contributed by atoms with Gasteiger partial charge in [-0.1, -0.05) is 13.3 Å². The number of carbonyl (C=O) groups is 2. The molecule has 120 valence electrons. The van der Waals surface area contributed by atoms with Gasteiger partial charge in [-0.05, 0) is 24.8 Å². The second-order valence-electron chi connectivity index (χ2n) is 4.67. The van der Waals surface area contributed by atoms with E-state index in [0.29, 0.717) is 12.8 Å². The molecule has 2 N–H and O–H groups in total. The number of carboxylic acid groups (broad SMARTS) is 1. The Labute approximate surface area is 132 Å². The Morgan fingerprint density at radius 1 is 1.45 bits per heavy atom. The van der Waals surface area contributed by atoms with E-state index in [1.807, 2.05) is 6.92 Å². The van der Waals surface area contributed by atoms with Crippen LogP contribution in [-0.2, 0) is 4.79 Å². The maximum Gasteiger partial charge on any atom is 0.308 e. The molecule has 1 amide bonds. The van der Waals surface area contributed by atoms with Gasteiger partial charge in [-0.3, -0.25) is 19.7 Å². The number of nitrogens with zero attached hydrogens (tertiary/aromatic N) is 1. The number of rotatable bonds is 8. The van der Waals surface area contributed by atoms with E-state index in [4.69, 9.17) is 5.11 Å². The van der Waals surface area contributed by atoms with Crippen LogP contribution < -0.4 is 5.32 Å². The number of amides is 1. The van der Waals surface area contributed by atoms with Crippen LogP contribution in [0.3, 0.4) is 0 Å². The third-order valence-corrected chi connectivity index (χ3v) is 3.87. The van der Waals surface area contributed by atoms with Gasteiger partial charge in [0.2, 0.25) is 0 Å². The van der Waals surface area contributed by atoms with Crippen molar-refractivity contribution in [2.24, 2.45) is 5.92 Å². The summed E-state index contributed by atoms with van der Waals surface area (Å²) in [5, 5.41) is 22.5. The summed E-state index contributed by atoms with van der Waals surface area (Å²) in [5.41, 5.74) is -0.352. The van der Waals surface area contributed by atoms with Gasteiger partial charge in [0.15, 0.2) is 0 Å². The predicted molar refractivity (Wildman–Crippen MR) is 83.2 cm³/mol. The Morgan fingerprint density at radius 3 is 2.64 bits per heavy atom. The lowest BCUT2D eigenvalue weighted by Gasteiger charge is -2.12. The topological polar surface area (TPSA) is 110 Å². The van der Waals surface area contributed by atoms with Crippen molar-refractivity contribution in [3.8, 4) is 0 Å². The Morgan fingerprint density at radius 2 is 2.14 bits per heavy atom. The van der Waals surface area contributed by atoms with E-state index in [0.717, 1.165) is 4.90 Å². The fraction of sp³-hybridized carbons (Fsp3) is 0.429. The SMILES string of the molecule is CCCC(CNC(=O)c1cc(SC)ccc1[N+](=O)[O-])C(=O)O. The number of carboxylic acids is 1. The largest absolute Gasteiger partial charge is 0.481 e. The van der Waals surface area contributed by atoms with Gasteiger partial charge in [0.1, 0.15) is 5.56 Å². The minimum atomic E-state index is -0.991. The first-order chi connectivity index (χ1) is 10.4. The Balaban J connectivity index is 2.92. The van der Waals surface area contributed by atoms with Gasteiger partial charge in [-0.15, -0.1) is 11.8 Å². The molecule has 1 unspecified atom stereocenters. The molecule has 1 aromatic carbocycles. The standard InChI is InChI=1S/C14H18N2O5S/c1-3-4-9(14(18)19)8-15-13(17)11-7-10(22-2)5-6-12(11)16(20)21/h5-7,9H,3-4,8H2,1-2H3,(H,15,17)(H,18,19). The van der Waals surface area contributed by atoms with Gasteiger partial charge in [0.25, 0.3) is 11.6 Å². The highest BCUT2D eigenvalue weighted by molar-refractivity contribution is 7.98. The molecule has 0 heterocycles. The van der Waals surface area contributed by atoms with Gasteiger partial charge in [-0.2, -0.15) is 0 Å². The number of nitro groups is 1. The molecule has 0 aliphatic rings. The summed E-state index contributed by atoms with van der Waals surface area (Å²) >= 11 is 1.36. The van der Waals surface area contributed by atoms with Crippen LogP contribution in [-0.4, -0.2) is 34.7 Å². The highest BCUT2D eigenvalue weighted by Gasteiger charge is 2.23. The van der Waals surface area contributed by atoms with Crippen molar-refractivity contribution in [3.63, 3.8) is 0 Å². The third kappa shape index (κ3) is 4.73. The van der Waals surface area contributed by atoms with Crippen molar-refractivity contribution in [1.82, 2.24) is 5.32 Å². The van der Waals surface area contributed by atoms with E-state index in [2.05, 4.69) is 5.32 Å². The molecule has 0 aromatic heterocycles. The van der Waals surface area contributed by atoms with Crippen LogP contribution in [0.4, 0.5) is 5.69 Å². The van der Waals surface area contributed by atoms with E-state index < -0.39 is 22.7 Å². The van der Waals surface area contributed by atoms with Crippen molar-refractivity contribution < 1.29 is 19.6 Å². The van der Waals surface area contributed by atoms with Crippen molar-refractivity contribution in [2.75, 3.05) is 12.8 Å². The lowest BCUT2D eigenvalue weighted by atomic mass is 10.0. The van der Waals surface area contributed by atoms with E-state index >= 15 is 0 Å². The first-order valence-corrected chi connectivity index (χ1v) is 7.96. The van der Waals surface area contributed by atoms with Crippen molar-refractivity contribution in [1.29, 1.82) is 0 Å². The van der Waals surface area contributed by atoms with Crippen LogP contribution >= 0.6 is 11.8 Å². The van der Waals surface area contributed by atoms with Crippen molar-refractivity contribution in [3.05, 3.63) is 33.9 Å². The number of aliphatic carboxylic acids is 1. The Hall–Kier alpha value is -2.09. The molecule has 8 heteroatoms. The number of hydrogen-bond donors (Lipinski definition) is 2. The van der Waals surface area contributed by atoms with E-state index in [-0.39, 0.29) is 17.8 Å². The number of thioether (sulfide) groups is 1. The van der Waals surface area contributed by atoms with Crippen LogP contribution in [0.25, 0.3) is 0 Å². The van der Waals surface area contributed by atoms with Gasteiger partial charge in [0, 0.05) is 17.5 Å². The molecule has 0 spiro atoms. The normalized spacial score (nSPS) is 11.7. The zero-order valence-corrected chi connectivity index (χ0v) is 13.2. The van der Waals surface area contributed by atoms with Crippen LogP contribution in [0, 0.1) is 16.0 Å². The van der Waals surface area contributed by atoms with E-state index in [1.54, 1.807) is 12.3 Å². The number of carbonyl (C=O) groups excluding carboxylic acids is 1. The molecule has 0 saturated carbocycles. The van der Waals surface area contributed by atoms with Gasteiger partial charge < -0.3 is 10.4 Å². The monoisotopic (exact) mass is 326 g/mol. The maximum absolute atomic E-state index is 12.2. The summed E-state index contributed by atoms with van der Waals surface area (Å²) in [5.74, 6) is -2.32. The molecular weight excluding hydrogens is 308 g/mol. The molecule has 0 fully saturated rings. The fourth-order valence-electron chi connectivity index (χ4n) is 1.96.